The van der Waals surface area contributed by atoms with Crippen LogP contribution in [0.1, 0.15) is 5.56 Å². The maximum atomic E-state index is 12.5. The van der Waals surface area contributed by atoms with Crippen molar-refractivity contribution in [2.24, 2.45) is 0 Å². The number of para-hydroxylation sites is 3. The first-order chi connectivity index (χ1) is 14.6. The average Bonchev–Trinajstić information content (AvgIpc) is 3.18. The molecule has 0 saturated heterocycles. The van der Waals surface area contributed by atoms with E-state index in [9.17, 15) is 9.90 Å². The van der Waals surface area contributed by atoms with Crippen LogP contribution in [0.3, 0.4) is 0 Å². The third-order valence-corrected chi connectivity index (χ3v) is 5.47. The van der Waals surface area contributed by atoms with Crippen LogP contribution in [-0.4, -0.2) is 31.5 Å². The van der Waals surface area contributed by atoms with Crippen molar-refractivity contribution in [3.8, 4) is 22.8 Å². The third kappa shape index (κ3) is 4.21. The number of benzene rings is 3. The van der Waals surface area contributed by atoms with Gasteiger partial charge in [0.2, 0.25) is 5.91 Å². The molecular weight excluding hydrogens is 396 g/mol. The largest absolute Gasteiger partial charge is 0.507 e. The minimum absolute atomic E-state index is 0.121. The second-order valence-electron chi connectivity index (χ2n) is 6.65. The highest BCUT2D eigenvalue weighted by molar-refractivity contribution is 7.99. The molecule has 4 aromatic rings. The number of carbonyl (C=O) groups excluding carboxylic acids is 1. The summed E-state index contributed by atoms with van der Waals surface area (Å²) in [6, 6.07) is 24.3. The summed E-state index contributed by atoms with van der Waals surface area (Å²) >= 11 is 1.29. The molecule has 1 amide bonds. The lowest BCUT2D eigenvalue weighted by molar-refractivity contribution is -0.113. The molecule has 30 heavy (non-hydrogen) atoms. The molecule has 0 aliphatic heterocycles. The second-order valence-corrected chi connectivity index (χ2v) is 7.59. The summed E-state index contributed by atoms with van der Waals surface area (Å²) < 4.78 is 1.85. The summed E-state index contributed by atoms with van der Waals surface area (Å²) in [6.45, 7) is 1.95. The van der Waals surface area contributed by atoms with Crippen LogP contribution in [0.4, 0.5) is 5.69 Å². The molecule has 0 saturated carbocycles. The minimum Gasteiger partial charge on any atom is -0.507 e. The summed E-state index contributed by atoms with van der Waals surface area (Å²) in [5, 5.41) is 22.4. The molecule has 0 aliphatic carbocycles. The maximum Gasteiger partial charge on any atom is 0.234 e. The fourth-order valence-corrected chi connectivity index (χ4v) is 3.79. The van der Waals surface area contributed by atoms with Crippen molar-refractivity contribution < 1.29 is 9.90 Å². The Labute approximate surface area is 178 Å². The molecule has 0 fully saturated rings. The van der Waals surface area contributed by atoms with Gasteiger partial charge in [-0.25, -0.2) is 0 Å². The maximum absolute atomic E-state index is 12.5. The van der Waals surface area contributed by atoms with Gasteiger partial charge in [-0.3, -0.25) is 9.36 Å². The van der Waals surface area contributed by atoms with Crippen molar-refractivity contribution in [3.05, 3.63) is 84.4 Å². The zero-order valence-electron chi connectivity index (χ0n) is 16.3. The van der Waals surface area contributed by atoms with Gasteiger partial charge in [0.25, 0.3) is 0 Å². The highest BCUT2D eigenvalue weighted by atomic mass is 32.2. The molecule has 3 aromatic carbocycles. The average molecular weight is 417 g/mol. The van der Waals surface area contributed by atoms with Gasteiger partial charge in [0.15, 0.2) is 11.0 Å². The SMILES string of the molecule is Cc1ccccc1NC(=O)CSc1nnc(-c2ccccc2O)n1-c1ccccc1. The number of hydrogen-bond acceptors (Lipinski definition) is 5. The number of carbonyl (C=O) groups is 1. The first-order valence-corrected chi connectivity index (χ1v) is 10.4. The number of phenolic OH excluding ortho intramolecular Hbond substituents is 1. The molecule has 1 heterocycles. The molecule has 6 nitrogen and oxygen atoms in total. The predicted octanol–water partition coefficient (Wildman–Crippen LogP) is 4.68. The number of nitrogens with zero attached hydrogens (tertiary/aromatic N) is 3. The van der Waals surface area contributed by atoms with Crippen LogP contribution >= 0.6 is 11.8 Å². The number of hydrogen-bond donors (Lipinski definition) is 2. The summed E-state index contributed by atoms with van der Waals surface area (Å²) in [5.41, 5.74) is 3.22. The number of nitrogens with one attached hydrogen (secondary N) is 1. The first kappa shape index (κ1) is 19.7. The Kier molecular flexibility index (Phi) is 5.81. The van der Waals surface area contributed by atoms with Gasteiger partial charge in [0, 0.05) is 11.4 Å². The van der Waals surface area contributed by atoms with Crippen LogP contribution in [0, 0.1) is 6.92 Å². The van der Waals surface area contributed by atoms with E-state index in [-0.39, 0.29) is 17.4 Å². The molecule has 0 spiro atoms. The van der Waals surface area contributed by atoms with Crippen molar-refractivity contribution >= 4 is 23.4 Å². The standard InChI is InChI=1S/C23H20N4O2S/c1-16-9-5-7-13-19(16)24-21(29)15-30-23-26-25-22(18-12-6-8-14-20(18)28)27(23)17-10-3-2-4-11-17/h2-14,28H,15H2,1H3,(H,24,29). The summed E-state index contributed by atoms with van der Waals surface area (Å²) in [4.78, 5) is 12.5. The van der Waals surface area contributed by atoms with Gasteiger partial charge in [0.05, 0.1) is 11.3 Å². The van der Waals surface area contributed by atoms with E-state index >= 15 is 0 Å². The Bertz CT molecular complexity index is 1170. The number of aryl methyl sites for hydroxylation is 1. The van der Waals surface area contributed by atoms with Crippen molar-refractivity contribution in [2.45, 2.75) is 12.1 Å². The molecule has 1 aromatic heterocycles. The van der Waals surface area contributed by atoms with Crippen molar-refractivity contribution in [3.63, 3.8) is 0 Å². The van der Waals surface area contributed by atoms with Gasteiger partial charge in [0.1, 0.15) is 5.75 Å². The molecule has 7 heteroatoms. The van der Waals surface area contributed by atoms with E-state index in [4.69, 9.17) is 0 Å². The van der Waals surface area contributed by atoms with E-state index < -0.39 is 0 Å². The number of thioether (sulfide) groups is 1. The van der Waals surface area contributed by atoms with Crippen molar-refractivity contribution in [1.29, 1.82) is 0 Å². The van der Waals surface area contributed by atoms with Gasteiger partial charge >= 0.3 is 0 Å². The molecule has 0 aliphatic rings. The Balaban J connectivity index is 1.61. The fraction of sp³-hybridized carbons (Fsp3) is 0.0870. The molecule has 4 rings (SSSR count). The highest BCUT2D eigenvalue weighted by Gasteiger charge is 2.19. The van der Waals surface area contributed by atoms with Gasteiger partial charge in [-0.1, -0.05) is 60.3 Å². The van der Waals surface area contributed by atoms with E-state index in [2.05, 4.69) is 15.5 Å². The minimum atomic E-state index is -0.124. The van der Waals surface area contributed by atoms with E-state index in [0.717, 1.165) is 16.9 Å². The predicted molar refractivity (Wildman–Crippen MR) is 119 cm³/mol. The van der Waals surface area contributed by atoms with Gasteiger partial charge in [-0.2, -0.15) is 0 Å². The molecule has 0 radical (unpaired) electrons. The monoisotopic (exact) mass is 416 g/mol. The fourth-order valence-electron chi connectivity index (χ4n) is 3.04. The van der Waals surface area contributed by atoms with Gasteiger partial charge < -0.3 is 10.4 Å². The normalized spacial score (nSPS) is 10.7. The van der Waals surface area contributed by atoms with Crippen LogP contribution < -0.4 is 5.32 Å². The van der Waals surface area contributed by atoms with E-state index in [1.165, 1.54) is 11.8 Å². The summed E-state index contributed by atoms with van der Waals surface area (Å²) in [7, 11) is 0. The number of anilines is 1. The highest BCUT2D eigenvalue weighted by Crippen LogP contribution is 2.32. The molecule has 0 atom stereocenters. The molecule has 150 valence electrons. The number of aromatic nitrogens is 3. The number of aromatic hydroxyl groups is 1. The van der Waals surface area contributed by atoms with Gasteiger partial charge in [-0.05, 0) is 42.8 Å². The number of rotatable bonds is 6. The van der Waals surface area contributed by atoms with Crippen molar-refractivity contribution in [2.75, 3.05) is 11.1 Å². The van der Waals surface area contributed by atoms with Crippen LogP contribution in [-0.2, 0) is 4.79 Å². The topological polar surface area (TPSA) is 80.0 Å². The Morgan fingerprint density at radius 1 is 0.967 bits per heavy atom. The summed E-state index contributed by atoms with van der Waals surface area (Å²) in [5.74, 6) is 0.693. The van der Waals surface area contributed by atoms with Crippen LogP contribution in [0.2, 0.25) is 0 Å². The zero-order chi connectivity index (χ0) is 20.9. The smallest absolute Gasteiger partial charge is 0.234 e. The van der Waals surface area contributed by atoms with Crippen LogP contribution in [0.15, 0.2) is 84.0 Å². The lowest BCUT2D eigenvalue weighted by Crippen LogP contribution is -2.15. The Morgan fingerprint density at radius 3 is 2.43 bits per heavy atom. The van der Waals surface area contributed by atoms with Crippen molar-refractivity contribution in [1.82, 2.24) is 14.8 Å². The first-order valence-electron chi connectivity index (χ1n) is 9.41. The van der Waals surface area contributed by atoms with Crippen LogP contribution in [0.25, 0.3) is 17.1 Å². The third-order valence-electron chi connectivity index (χ3n) is 4.54. The quantitative estimate of drug-likeness (QED) is 0.446. The Hall–Kier alpha value is -3.58. The van der Waals surface area contributed by atoms with Crippen LogP contribution in [0.5, 0.6) is 5.75 Å². The number of phenols is 1. The second kappa shape index (κ2) is 8.84. The van der Waals surface area contributed by atoms with Gasteiger partial charge in [-0.15, -0.1) is 10.2 Å². The van der Waals surface area contributed by atoms with E-state index in [1.807, 2.05) is 72.2 Å². The molecular formula is C23H20N4O2S. The lowest BCUT2D eigenvalue weighted by atomic mass is 10.2. The lowest BCUT2D eigenvalue weighted by Gasteiger charge is -2.11. The molecule has 0 bridgehead atoms. The van der Waals surface area contributed by atoms with E-state index in [1.54, 1.807) is 18.2 Å². The number of amides is 1. The zero-order valence-corrected chi connectivity index (χ0v) is 17.1. The molecule has 2 N–H and O–H groups in total. The molecule has 0 unspecified atom stereocenters. The Morgan fingerprint density at radius 2 is 1.67 bits per heavy atom. The summed E-state index contributed by atoms with van der Waals surface area (Å²) in [6.07, 6.45) is 0. The van der Waals surface area contributed by atoms with E-state index in [0.29, 0.717) is 16.5 Å².